The molecule has 0 atom stereocenters. The van der Waals surface area contributed by atoms with Gasteiger partial charge in [0.15, 0.2) is 6.29 Å². The lowest BCUT2D eigenvalue weighted by atomic mass is 10.1. The Morgan fingerprint density at radius 3 is 2.81 bits per heavy atom. The fraction of sp³-hybridized carbons (Fsp3) is 0.250. The number of anilines is 1. The van der Waals surface area contributed by atoms with E-state index in [1.165, 1.54) is 12.1 Å². The highest BCUT2D eigenvalue weighted by Gasteiger charge is 2.14. The van der Waals surface area contributed by atoms with E-state index in [0.717, 1.165) is 0 Å². The number of nitrogens with zero attached hydrogens (tertiary/aromatic N) is 1. The summed E-state index contributed by atoms with van der Waals surface area (Å²) in [4.78, 5) is 12.4. The summed E-state index contributed by atoms with van der Waals surface area (Å²) >= 11 is 0. The number of halogens is 1. The average molecular weight is 223 g/mol. The van der Waals surface area contributed by atoms with Crippen LogP contribution in [-0.4, -0.2) is 31.1 Å². The highest BCUT2D eigenvalue weighted by molar-refractivity contribution is 5.84. The maximum absolute atomic E-state index is 13.6. The van der Waals surface area contributed by atoms with Crippen molar-refractivity contribution >= 4 is 12.0 Å². The van der Waals surface area contributed by atoms with Crippen molar-refractivity contribution in [2.24, 2.45) is 0 Å². The molecule has 0 saturated carbocycles. The third-order valence-corrected chi connectivity index (χ3v) is 2.18. The van der Waals surface area contributed by atoms with Gasteiger partial charge < -0.3 is 10.0 Å². The van der Waals surface area contributed by atoms with Crippen molar-refractivity contribution in [3.8, 4) is 0 Å². The summed E-state index contributed by atoms with van der Waals surface area (Å²) in [6.45, 7) is 4.08. The van der Waals surface area contributed by atoms with Crippen molar-refractivity contribution in [1.82, 2.24) is 0 Å². The molecule has 0 amide bonds. The number of hydrogen-bond acceptors (Lipinski definition) is 3. The number of benzene rings is 1. The first-order valence-electron chi connectivity index (χ1n) is 4.95. The Hall–Kier alpha value is -1.68. The van der Waals surface area contributed by atoms with Crippen molar-refractivity contribution in [3.05, 3.63) is 42.2 Å². The molecule has 16 heavy (non-hydrogen) atoms. The monoisotopic (exact) mass is 223 g/mol. The van der Waals surface area contributed by atoms with E-state index < -0.39 is 5.82 Å². The highest BCUT2D eigenvalue weighted by atomic mass is 19.1. The van der Waals surface area contributed by atoms with Crippen LogP contribution in [-0.2, 0) is 0 Å². The molecule has 0 fully saturated rings. The number of para-hydroxylation sites is 1. The van der Waals surface area contributed by atoms with Gasteiger partial charge in [0, 0.05) is 18.7 Å². The van der Waals surface area contributed by atoms with E-state index in [1.54, 1.807) is 17.0 Å². The zero-order valence-corrected chi connectivity index (χ0v) is 8.90. The van der Waals surface area contributed by atoms with Gasteiger partial charge in [-0.05, 0) is 12.1 Å². The smallest absolute Gasteiger partial charge is 0.152 e. The number of aliphatic hydroxyl groups excluding tert-OH is 1. The van der Waals surface area contributed by atoms with E-state index in [4.69, 9.17) is 5.11 Å². The molecule has 0 spiro atoms. The van der Waals surface area contributed by atoms with E-state index in [-0.39, 0.29) is 24.4 Å². The van der Waals surface area contributed by atoms with Crippen LogP contribution in [0.5, 0.6) is 0 Å². The standard InChI is InChI=1S/C12H14FNO2/c1-2-6-14(7-8-15)12-10(9-16)4-3-5-11(12)13/h2-5,9,15H,1,6-8H2. The SMILES string of the molecule is C=CCN(CCO)c1c(F)cccc1C=O. The predicted octanol–water partition coefficient (Wildman–Crippen LogP) is 1.62. The molecule has 0 bridgehead atoms. The van der Waals surface area contributed by atoms with Crippen LogP contribution in [0.4, 0.5) is 10.1 Å². The zero-order valence-electron chi connectivity index (χ0n) is 8.90. The van der Waals surface area contributed by atoms with E-state index in [9.17, 15) is 9.18 Å². The maximum atomic E-state index is 13.6. The van der Waals surface area contributed by atoms with Crippen LogP contribution in [0.2, 0.25) is 0 Å². The van der Waals surface area contributed by atoms with Crippen LogP contribution in [0.3, 0.4) is 0 Å². The Bertz CT molecular complexity index is 379. The molecule has 1 rings (SSSR count). The van der Waals surface area contributed by atoms with Gasteiger partial charge in [-0.15, -0.1) is 6.58 Å². The van der Waals surface area contributed by atoms with Crippen LogP contribution < -0.4 is 4.90 Å². The summed E-state index contributed by atoms with van der Waals surface area (Å²) in [7, 11) is 0. The minimum atomic E-state index is -0.472. The molecule has 1 aromatic carbocycles. The lowest BCUT2D eigenvalue weighted by Crippen LogP contribution is -2.28. The molecular formula is C12H14FNO2. The molecule has 0 aliphatic rings. The van der Waals surface area contributed by atoms with Crippen molar-refractivity contribution < 1.29 is 14.3 Å². The number of carbonyl (C=O) groups excluding carboxylic acids is 1. The van der Waals surface area contributed by atoms with Crippen LogP contribution in [0.15, 0.2) is 30.9 Å². The quantitative estimate of drug-likeness (QED) is 0.588. The fourth-order valence-electron chi connectivity index (χ4n) is 1.53. The van der Waals surface area contributed by atoms with Crippen LogP contribution in [0.1, 0.15) is 10.4 Å². The molecule has 3 nitrogen and oxygen atoms in total. The fourth-order valence-corrected chi connectivity index (χ4v) is 1.53. The first-order chi connectivity index (χ1) is 7.74. The molecule has 1 N–H and O–H groups in total. The van der Waals surface area contributed by atoms with Crippen LogP contribution in [0.25, 0.3) is 0 Å². The Balaban J connectivity index is 3.14. The predicted molar refractivity (Wildman–Crippen MR) is 61.3 cm³/mol. The van der Waals surface area contributed by atoms with Crippen molar-refractivity contribution in [3.63, 3.8) is 0 Å². The second kappa shape index (κ2) is 6.02. The summed E-state index contributed by atoms with van der Waals surface area (Å²) in [6, 6.07) is 4.31. The Kier molecular flexibility index (Phi) is 4.66. The number of aliphatic hydroxyl groups is 1. The average Bonchev–Trinajstić information content (AvgIpc) is 2.28. The zero-order chi connectivity index (χ0) is 12.0. The molecule has 0 radical (unpaired) electrons. The Labute approximate surface area is 93.8 Å². The third-order valence-electron chi connectivity index (χ3n) is 2.18. The summed E-state index contributed by atoms with van der Waals surface area (Å²) in [5.41, 5.74) is 0.488. The van der Waals surface area contributed by atoms with Gasteiger partial charge in [0.2, 0.25) is 0 Å². The molecule has 4 heteroatoms. The molecule has 0 heterocycles. The topological polar surface area (TPSA) is 40.5 Å². The largest absolute Gasteiger partial charge is 0.395 e. The van der Waals surface area contributed by atoms with E-state index >= 15 is 0 Å². The minimum absolute atomic E-state index is 0.111. The molecular weight excluding hydrogens is 209 g/mol. The molecule has 1 aromatic rings. The molecule has 0 aliphatic carbocycles. The molecule has 0 aromatic heterocycles. The van der Waals surface area contributed by atoms with Crippen molar-refractivity contribution in [2.45, 2.75) is 0 Å². The third kappa shape index (κ3) is 2.67. The second-order valence-corrected chi connectivity index (χ2v) is 3.25. The molecule has 86 valence electrons. The summed E-state index contributed by atoms with van der Waals surface area (Å²) in [5, 5.41) is 8.89. The van der Waals surface area contributed by atoms with Gasteiger partial charge in [-0.1, -0.05) is 12.1 Å². The number of rotatable bonds is 6. The van der Waals surface area contributed by atoms with Gasteiger partial charge in [-0.3, -0.25) is 4.79 Å². The van der Waals surface area contributed by atoms with Gasteiger partial charge in [-0.2, -0.15) is 0 Å². The second-order valence-electron chi connectivity index (χ2n) is 3.25. The maximum Gasteiger partial charge on any atom is 0.152 e. The van der Waals surface area contributed by atoms with E-state index in [1.807, 2.05) is 0 Å². The Morgan fingerprint density at radius 2 is 2.25 bits per heavy atom. The van der Waals surface area contributed by atoms with Crippen LogP contribution >= 0.6 is 0 Å². The molecule has 0 unspecified atom stereocenters. The lowest BCUT2D eigenvalue weighted by molar-refractivity contribution is 0.112. The first-order valence-corrected chi connectivity index (χ1v) is 4.95. The van der Waals surface area contributed by atoms with Gasteiger partial charge in [-0.25, -0.2) is 4.39 Å². The van der Waals surface area contributed by atoms with Gasteiger partial charge in [0.25, 0.3) is 0 Å². The van der Waals surface area contributed by atoms with Crippen molar-refractivity contribution in [1.29, 1.82) is 0 Å². The first kappa shape index (κ1) is 12.4. The Morgan fingerprint density at radius 1 is 1.50 bits per heavy atom. The number of hydrogen-bond donors (Lipinski definition) is 1. The minimum Gasteiger partial charge on any atom is -0.395 e. The highest BCUT2D eigenvalue weighted by Crippen LogP contribution is 2.22. The lowest BCUT2D eigenvalue weighted by Gasteiger charge is -2.24. The normalized spacial score (nSPS) is 9.88. The van der Waals surface area contributed by atoms with Gasteiger partial charge in [0.1, 0.15) is 5.82 Å². The van der Waals surface area contributed by atoms with Gasteiger partial charge >= 0.3 is 0 Å². The van der Waals surface area contributed by atoms with Crippen LogP contribution in [0, 0.1) is 5.82 Å². The molecule has 0 aliphatic heterocycles. The number of carbonyl (C=O) groups is 1. The molecule has 0 saturated heterocycles. The van der Waals surface area contributed by atoms with Crippen molar-refractivity contribution in [2.75, 3.05) is 24.6 Å². The van der Waals surface area contributed by atoms with Gasteiger partial charge in [0.05, 0.1) is 12.3 Å². The summed E-state index contributed by atoms with van der Waals surface area (Å²) in [6.07, 6.45) is 2.20. The summed E-state index contributed by atoms with van der Waals surface area (Å²) < 4.78 is 13.6. The number of aldehydes is 1. The van der Waals surface area contributed by atoms with E-state index in [0.29, 0.717) is 12.8 Å². The van der Waals surface area contributed by atoms with E-state index in [2.05, 4.69) is 6.58 Å². The summed E-state index contributed by atoms with van der Waals surface area (Å²) in [5.74, 6) is -0.472.